The van der Waals surface area contributed by atoms with Gasteiger partial charge in [0.2, 0.25) is 0 Å². The van der Waals surface area contributed by atoms with E-state index in [4.69, 9.17) is 10.5 Å². The Bertz CT molecular complexity index is 310. The molecule has 0 atom stereocenters. The molecule has 1 aromatic carbocycles. The molecule has 0 aliphatic carbocycles. The molecule has 0 aromatic heterocycles. The lowest BCUT2D eigenvalue weighted by molar-refractivity contribution is -0.156. The van der Waals surface area contributed by atoms with Crippen molar-refractivity contribution in [3.05, 3.63) is 24.3 Å². The number of methoxy groups -OCH3 is 1. The maximum Gasteiger partial charge on any atom is 0.346 e. The van der Waals surface area contributed by atoms with Gasteiger partial charge in [-0.3, -0.25) is 0 Å². The molecule has 0 heterocycles. The lowest BCUT2D eigenvalue weighted by Crippen LogP contribution is -2.15. The molecule has 0 spiro atoms. The number of ether oxygens (including phenoxy) is 3. The highest BCUT2D eigenvalue weighted by Gasteiger charge is 2.03. The van der Waals surface area contributed by atoms with Crippen LogP contribution in [0.3, 0.4) is 0 Å². The summed E-state index contributed by atoms with van der Waals surface area (Å²) < 4.78 is 14.3. The second-order valence-corrected chi connectivity index (χ2v) is 2.78. The molecule has 82 valence electrons. The number of esters is 1. The maximum absolute atomic E-state index is 11.0. The van der Waals surface area contributed by atoms with Crippen LogP contribution in [0.2, 0.25) is 0 Å². The van der Waals surface area contributed by atoms with Crippen molar-refractivity contribution in [2.45, 2.75) is 0 Å². The normalized spacial score (nSPS) is 9.67. The standard InChI is InChI=1S/C10H13NO4/c1-13-7-15-10(12)6-14-9-4-2-8(11)3-5-9/h2-5H,6-7,11H2,1H3. The first-order valence-electron chi connectivity index (χ1n) is 4.35. The van der Waals surface area contributed by atoms with Gasteiger partial charge in [0.05, 0.1) is 0 Å². The van der Waals surface area contributed by atoms with Crippen molar-refractivity contribution in [3.63, 3.8) is 0 Å². The number of hydrogen-bond donors (Lipinski definition) is 1. The van der Waals surface area contributed by atoms with Crippen molar-refractivity contribution in [2.75, 3.05) is 26.2 Å². The molecule has 0 saturated carbocycles. The number of nitrogen functional groups attached to an aromatic ring is 1. The zero-order valence-corrected chi connectivity index (χ0v) is 8.43. The van der Waals surface area contributed by atoms with Gasteiger partial charge in [0.15, 0.2) is 13.4 Å². The first kappa shape index (κ1) is 11.3. The number of anilines is 1. The lowest BCUT2D eigenvalue weighted by Gasteiger charge is -2.06. The minimum absolute atomic E-state index is 0.0655. The lowest BCUT2D eigenvalue weighted by atomic mass is 10.3. The fourth-order valence-corrected chi connectivity index (χ4v) is 0.873. The molecule has 2 N–H and O–H groups in total. The second-order valence-electron chi connectivity index (χ2n) is 2.78. The minimum atomic E-state index is -0.478. The molecule has 5 heteroatoms. The SMILES string of the molecule is COCOC(=O)COc1ccc(N)cc1. The Kier molecular flexibility index (Phi) is 4.43. The highest BCUT2D eigenvalue weighted by atomic mass is 16.7. The molecular weight excluding hydrogens is 198 g/mol. The molecule has 1 rings (SSSR count). The van der Waals surface area contributed by atoms with Gasteiger partial charge in [0, 0.05) is 12.8 Å². The third kappa shape index (κ3) is 4.33. The molecule has 1 aromatic rings. The van der Waals surface area contributed by atoms with Gasteiger partial charge >= 0.3 is 5.97 Å². The van der Waals surface area contributed by atoms with Crippen molar-refractivity contribution >= 4 is 11.7 Å². The van der Waals surface area contributed by atoms with Crippen molar-refractivity contribution in [2.24, 2.45) is 0 Å². The van der Waals surface area contributed by atoms with Crippen LogP contribution in [0.25, 0.3) is 0 Å². The van der Waals surface area contributed by atoms with E-state index in [0.29, 0.717) is 11.4 Å². The Hall–Kier alpha value is -1.75. The van der Waals surface area contributed by atoms with E-state index >= 15 is 0 Å². The fourth-order valence-electron chi connectivity index (χ4n) is 0.873. The summed E-state index contributed by atoms with van der Waals surface area (Å²) in [6.45, 7) is -0.211. The van der Waals surface area contributed by atoms with Crippen LogP contribution in [0, 0.1) is 0 Å². The molecule has 0 saturated heterocycles. The molecule has 15 heavy (non-hydrogen) atoms. The van der Waals surface area contributed by atoms with E-state index in [2.05, 4.69) is 9.47 Å². The number of carbonyl (C=O) groups is 1. The van der Waals surface area contributed by atoms with Gasteiger partial charge in [-0.1, -0.05) is 0 Å². The number of nitrogens with two attached hydrogens (primary N) is 1. The topological polar surface area (TPSA) is 70.8 Å². The summed E-state index contributed by atoms with van der Waals surface area (Å²) in [4.78, 5) is 11.0. The smallest absolute Gasteiger partial charge is 0.346 e. The molecule has 0 bridgehead atoms. The fraction of sp³-hybridized carbons (Fsp3) is 0.300. The first-order chi connectivity index (χ1) is 7.22. The van der Waals surface area contributed by atoms with Gasteiger partial charge in [0.25, 0.3) is 0 Å². The molecule has 0 unspecified atom stereocenters. The summed E-state index contributed by atoms with van der Waals surface area (Å²) in [6, 6.07) is 6.74. The number of rotatable bonds is 5. The van der Waals surface area contributed by atoms with Gasteiger partial charge in [-0.25, -0.2) is 4.79 Å². The molecule has 0 aliphatic rings. The number of hydrogen-bond acceptors (Lipinski definition) is 5. The van der Waals surface area contributed by atoms with Crippen molar-refractivity contribution in [3.8, 4) is 5.75 Å². The van der Waals surface area contributed by atoms with Crippen LogP contribution in [0.4, 0.5) is 5.69 Å². The monoisotopic (exact) mass is 211 g/mol. The van der Waals surface area contributed by atoms with Gasteiger partial charge < -0.3 is 19.9 Å². The van der Waals surface area contributed by atoms with Crippen LogP contribution in [-0.2, 0) is 14.3 Å². The van der Waals surface area contributed by atoms with Gasteiger partial charge in [-0.2, -0.15) is 0 Å². The van der Waals surface area contributed by atoms with E-state index in [1.807, 2.05) is 0 Å². The maximum atomic E-state index is 11.0. The van der Waals surface area contributed by atoms with Crippen LogP contribution in [-0.4, -0.2) is 26.5 Å². The molecule has 5 nitrogen and oxygen atoms in total. The molecule has 0 aliphatic heterocycles. The van der Waals surface area contributed by atoms with Crippen molar-refractivity contribution < 1.29 is 19.0 Å². The van der Waals surface area contributed by atoms with Crippen LogP contribution in [0.15, 0.2) is 24.3 Å². The van der Waals surface area contributed by atoms with E-state index in [9.17, 15) is 4.79 Å². The summed E-state index contributed by atoms with van der Waals surface area (Å²) in [7, 11) is 1.44. The van der Waals surface area contributed by atoms with Gasteiger partial charge in [-0.15, -0.1) is 0 Å². The third-order valence-electron chi connectivity index (χ3n) is 1.57. The highest BCUT2D eigenvalue weighted by molar-refractivity contribution is 5.71. The Balaban J connectivity index is 2.30. The predicted octanol–water partition coefficient (Wildman–Crippen LogP) is 0.795. The van der Waals surface area contributed by atoms with E-state index < -0.39 is 5.97 Å². The highest BCUT2D eigenvalue weighted by Crippen LogP contribution is 2.12. The Morgan fingerprint density at radius 1 is 1.33 bits per heavy atom. The largest absolute Gasteiger partial charge is 0.482 e. The predicted molar refractivity (Wildman–Crippen MR) is 54.3 cm³/mol. The van der Waals surface area contributed by atoms with Crippen LogP contribution in [0.1, 0.15) is 0 Å². The van der Waals surface area contributed by atoms with Crippen molar-refractivity contribution in [1.29, 1.82) is 0 Å². The van der Waals surface area contributed by atoms with Gasteiger partial charge in [-0.05, 0) is 24.3 Å². The summed E-state index contributed by atoms with van der Waals surface area (Å²) in [5, 5.41) is 0. The third-order valence-corrected chi connectivity index (χ3v) is 1.57. The van der Waals surface area contributed by atoms with E-state index in [-0.39, 0.29) is 13.4 Å². The minimum Gasteiger partial charge on any atom is -0.482 e. The second kappa shape index (κ2) is 5.87. The van der Waals surface area contributed by atoms with Crippen LogP contribution < -0.4 is 10.5 Å². The number of carbonyl (C=O) groups excluding carboxylic acids is 1. The zero-order valence-electron chi connectivity index (χ0n) is 8.43. The van der Waals surface area contributed by atoms with E-state index in [1.165, 1.54) is 7.11 Å². The first-order valence-corrected chi connectivity index (χ1v) is 4.35. The summed E-state index contributed by atoms with van der Waals surface area (Å²) in [6.07, 6.45) is 0. The Labute approximate surface area is 87.7 Å². The van der Waals surface area contributed by atoms with Gasteiger partial charge in [0.1, 0.15) is 5.75 Å². The molecular formula is C10H13NO4. The van der Waals surface area contributed by atoms with E-state index in [0.717, 1.165) is 0 Å². The van der Waals surface area contributed by atoms with E-state index in [1.54, 1.807) is 24.3 Å². The average Bonchev–Trinajstić information content (AvgIpc) is 2.25. The molecule has 0 radical (unpaired) electrons. The summed E-state index contributed by atoms with van der Waals surface area (Å²) in [5.41, 5.74) is 6.13. The number of benzene rings is 1. The molecule has 0 fully saturated rings. The summed E-state index contributed by atoms with van der Waals surface area (Å²) in [5.74, 6) is 0.0900. The Morgan fingerprint density at radius 2 is 2.00 bits per heavy atom. The summed E-state index contributed by atoms with van der Waals surface area (Å²) >= 11 is 0. The quantitative estimate of drug-likeness (QED) is 0.443. The van der Waals surface area contributed by atoms with Crippen LogP contribution >= 0.6 is 0 Å². The van der Waals surface area contributed by atoms with Crippen molar-refractivity contribution in [1.82, 2.24) is 0 Å². The average molecular weight is 211 g/mol. The zero-order chi connectivity index (χ0) is 11.1. The molecule has 0 amide bonds. The van der Waals surface area contributed by atoms with Crippen LogP contribution in [0.5, 0.6) is 5.75 Å². The Morgan fingerprint density at radius 3 is 2.60 bits per heavy atom.